The number of ether oxygens (including phenoxy) is 1. The van der Waals surface area contributed by atoms with Crippen LogP contribution in [0.1, 0.15) is 50.5 Å². The second-order valence-corrected chi connectivity index (χ2v) is 6.38. The van der Waals surface area contributed by atoms with Gasteiger partial charge in [0.05, 0.1) is 0 Å². The Hall–Kier alpha value is -1.42. The molecule has 2 aliphatic rings. The van der Waals surface area contributed by atoms with Gasteiger partial charge in [0.2, 0.25) is 0 Å². The van der Waals surface area contributed by atoms with Crippen LogP contribution in [0.25, 0.3) is 0 Å². The molecule has 114 valence electrons. The van der Waals surface area contributed by atoms with Gasteiger partial charge in [0.1, 0.15) is 5.60 Å². The molecule has 1 atom stereocenters. The Kier molecular flexibility index (Phi) is 4.24. The highest BCUT2D eigenvalue weighted by Crippen LogP contribution is 2.31. The summed E-state index contributed by atoms with van der Waals surface area (Å²) in [5.74, 6) is 0.743. The average Bonchev–Trinajstić information content (AvgIpc) is 2.56. The normalized spacial score (nSPS) is 27.6. The highest BCUT2D eigenvalue weighted by molar-refractivity contribution is 5.85. The van der Waals surface area contributed by atoms with Gasteiger partial charge in [-0.3, -0.25) is 9.78 Å². The third kappa shape index (κ3) is 3.10. The molecule has 0 bridgehead atoms. The number of likely N-dealkylation sites (tertiary alicyclic amines) is 1. The summed E-state index contributed by atoms with van der Waals surface area (Å²) in [7, 11) is 0. The van der Waals surface area contributed by atoms with Gasteiger partial charge >= 0.3 is 0 Å². The van der Waals surface area contributed by atoms with Gasteiger partial charge < -0.3 is 9.64 Å². The molecule has 0 spiro atoms. The van der Waals surface area contributed by atoms with E-state index >= 15 is 0 Å². The highest BCUT2D eigenvalue weighted by Gasteiger charge is 2.40. The first kappa shape index (κ1) is 14.5. The van der Waals surface area contributed by atoms with Gasteiger partial charge in [-0.1, -0.05) is 0 Å². The number of pyridine rings is 1. The minimum atomic E-state index is -0.582. The zero-order valence-electron chi connectivity index (χ0n) is 12.8. The molecular formula is C17H24N2O2. The minimum absolute atomic E-state index is 0.190. The number of carbonyl (C=O) groups is 1. The van der Waals surface area contributed by atoms with Gasteiger partial charge in [-0.2, -0.15) is 0 Å². The maximum atomic E-state index is 12.7. The zero-order valence-corrected chi connectivity index (χ0v) is 12.8. The molecule has 2 fully saturated rings. The lowest BCUT2D eigenvalue weighted by molar-refractivity contribution is -0.163. The van der Waals surface area contributed by atoms with Gasteiger partial charge in [0.15, 0.2) is 0 Å². The number of carbonyl (C=O) groups excluding carboxylic acids is 1. The molecule has 2 saturated heterocycles. The summed E-state index contributed by atoms with van der Waals surface area (Å²) in [5, 5.41) is 0. The molecule has 1 aromatic rings. The van der Waals surface area contributed by atoms with E-state index in [1.807, 2.05) is 24.2 Å². The molecule has 0 saturated carbocycles. The van der Waals surface area contributed by atoms with Crippen molar-refractivity contribution in [2.75, 3.05) is 19.7 Å². The summed E-state index contributed by atoms with van der Waals surface area (Å²) >= 11 is 0. The molecular weight excluding hydrogens is 264 g/mol. The van der Waals surface area contributed by atoms with E-state index in [1.54, 1.807) is 0 Å². The molecule has 2 aliphatic heterocycles. The smallest absolute Gasteiger partial charge is 0.254 e. The van der Waals surface area contributed by atoms with Crippen molar-refractivity contribution in [1.29, 1.82) is 0 Å². The molecule has 1 aromatic heterocycles. The van der Waals surface area contributed by atoms with Crippen LogP contribution in [0.4, 0.5) is 0 Å². The van der Waals surface area contributed by atoms with Gasteiger partial charge in [0.25, 0.3) is 5.91 Å². The largest absolute Gasteiger partial charge is 0.365 e. The Labute approximate surface area is 126 Å². The first-order chi connectivity index (χ1) is 10.2. The number of hydrogen-bond acceptors (Lipinski definition) is 3. The van der Waals surface area contributed by atoms with Crippen LogP contribution >= 0.6 is 0 Å². The summed E-state index contributed by atoms with van der Waals surface area (Å²) in [5.41, 5.74) is 0.763. The van der Waals surface area contributed by atoms with Crippen molar-refractivity contribution in [3.05, 3.63) is 30.1 Å². The number of piperidine rings is 1. The summed E-state index contributed by atoms with van der Waals surface area (Å²) in [6.07, 6.45) is 8.80. The molecule has 1 amide bonds. The van der Waals surface area contributed by atoms with Crippen LogP contribution in [-0.2, 0) is 9.53 Å². The lowest BCUT2D eigenvalue weighted by atomic mass is 9.88. The zero-order chi connectivity index (χ0) is 14.7. The number of nitrogens with zero attached hydrogens (tertiary/aromatic N) is 2. The topological polar surface area (TPSA) is 42.4 Å². The number of rotatable bonds is 2. The van der Waals surface area contributed by atoms with E-state index < -0.39 is 5.60 Å². The van der Waals surface area contributed by atoms with Crippen molar-refractivity contribution in [2.45, 2.75) is 50.5 Å². The van der Waals surface area contributed by atoms with Crippen LogP contribution in [0.5, 0.6) is 0 Å². The standard InChI is InChI=1S/C17H24N2O2/c1-17(8-2-3-13-21-17)16(20)19-11-6-15(7-12-19)14-4-9-18-10-5-14/h4-5,9-10,15H,2-3,6-8,11-13H2,1H3. The molecule has 1 unspecified atom stereocenters. The van der Waals surface area contributed by atoms with Crippen LogP contribution in [0.15, 0.2) is 24.5 Å². The Balaban J connectivity index is 1.59. The Bertz CT molecular complexity index is 475. The third-order valence-electron chi connectivity index (χ3n) is 4.88. The van der Waals surface area contributed by atoms with Gasteiger partial charge in [-0.05, 0) is 62.6 Å². The number of hydrogen-bond donors (Lipinski definition) is 0. The molecule has 3 heterocycles. The lowest BCUT2D eigenvalue weighted by Gasteiger charge is -2.40. The van der Waals surface area contributed by atoms with E-state index in [2.05, 4.69) is 17.1 Å². The van der Waals surface area contributed by atoms with Crippen molar-refractivity contribution in [1.82, 2.24) is 9.88 Å². The van der Waals surface area contributed by atoms with E-state index in [0.717, 1.165) is 51.8 Å². The van der Waals surface area contributed by atoms with Gasteiger partial charge in [-0.25, -0.2) is 0 Å². The molecule has 0 radical (unpaired) electrons. The molecule has 21 heavy (non-hydrogen) atoms. The van der Waals surface area contributed by atoms with Crippen LogP contribution < -0.4 is 0 Å². The molecule has 4 nitrogen and oxygen atoms in total. The quantitative estimate of drug-likeness (QED) is 0.840. The van der Waals surface area contributed by atoms with E-state index in [4.69, 9.17) is 4.74 Å². The van der Waals surface area contributed by atoms with Crippen molar-refractivity contribution in [2.24, 2.45) is 0 Å². The highest BCUT2D eigenvalue weighted by atomic mass is 16.5. The lowest BCUT2D eigenvalue weighted by Crippen LogP contribution is -2.52. The number of aromatic nitrogens is 1. The van der Waals surface area contributed by atoms with E-state index in [0.29, 0.717) is 5.92 Å². The summed E-state index contributed by atoms with van der Waals surface area (Å²) in [4.78, 5) is 18.8. The fourth-order valence-corrected chi connectivity index (χ4v) is 3.49. The van der Waals surface area contributed by atoms with Crippen LogP contribution in [-0.4, -0.2) is 41.1 Å². The van der Waals surface area contributed by atoms with Gasteiger partial charge in [0, 0.05) is 32.1 Å². The van der Waals surface area contributed by atoms with E-state index in [-0.39, 0.29) is 5.91 Å². The molecule has 0 N–H and O–H groups in total. The Morgan fingerprint density at radius 2 is 2.00 bits per heavy atom. The van der Waals surface area contributed by atoms with E-state index in [9.17, 15) is 4.79 Å². The van der Waals surface area contributed by atoms with Crippen molar-refractivity contribution < 1.29 is 9.53 Å². The monoisotopic (exact) mass is 288 g/mol. The maximum absolute atomic E-state index is 12.7. The van der Waals surface area contributed by atoms with Crippen LogP contribution in [0.3, 0.4) is 0 Å². The maximum Gasteiger partial charge on any atom is 0.254 e. The average molecular weight is 288 g/mol. The predicted molar refractivity (Wildman–Crippen MR) is 81.0 cm³/mol. The Morgan fingerprint density at radius 1 is 1.29 bits per heavy atom. The molecule has 0 aliphatic carbocycles. The fraction of sp³-hybridized carbons (Fsp3) is 0.647. The second-order valence-electron chi connectivity index (χ2n) is 6.38. The SMILES string of the molecule is CC1(C(=O)N2CCC(c3ccncc3)CC2)CCCCO1. The second kappa shape index (κ2) is 6.14. The summed E-state index contributed by atoms with van der Waals surface area (Å²) < 4.78 is 5.79. The van der Waals surface area contributed by atoms with Crippen molar-refractivity contribution in [3.8, 4) is 0 Å². The van der Waals surface area contributed by atoms with Crippen LogP contribution in [0.2, 0.25) is 0 Å². The van der Waals surface area contributed by atoms with E-state index in [1.165, 1.54) is 5.56 Å². The van der Waals surface area contributed by atoms with Crippen LogP contribution in [0, 0.1) is 0 Å². The summed E-state index contributed by atoms with van der Waals surface area (Å²) in [6, 6.07) is 4.18. The Morgan fingerprint density at radius 3 is 2.62 bits per heavy atom. The van der Waals surface area contributed by atoms with Crippen molar-refractivity contribution in [3.63, 3.8) is 0 Å². The first-order valence-electron chi connectivity index (χ1n) is 8.02. The fourth-order valence-electron chi connectivity index (χ4n) is 3.49. The predicted octanol–water partition coefficient (Wildman–Crippen LogP) is 2.75. The third-order valence-corrected chi connectivity index (χ3v) is 4.88. The minimum Gasteiger partial charge on any atom is -0.365 e. The number of amides is 1. The first-order valence-corrected chi connectivity index (χ1v) is 8.02. The summed E-state index contributed by atoms with van der Waals surface area (Å²) in [6.45, 7) is 4.36. The van der Waals surface area contributed by atoms with Gasteiger partial charge in [-0.15, -0.1) is 0 Å². The van der Waals surface area contributed by atoms with Crippen molar-refractivity contribution >= 4 is 5.91 Å². The molecule has 3 rings (SSSR count). The molecule has 4 heteroatoms. The molecule has 0 aromatic carbocycles.